The normalized spacial score (nSPS) is 10.8. The third-order valence-corrected chi connectivity index (χ3v) is 3.86. The van der Waals surface area contributed by atoms with Gasteiger partial charge in [-0.25, -0.2) is 4.39 Å². The van der Waals surface area contributed by atoms with Gasteiger partial charge in [0.2, 0.25) is 0 Å². The number of carbonyl (C=O) groups is 1. The number of halogens is 3. The van der Waals surface area contributed by atoms with Gasteiger partial charge in [-0.1, -0.05) is 12.1 Å². The van der Waals surface area contributed by atoms with Gasteiger partial charge in [-0.05, 0) is 30.3 Å². The lowest BCUT2D eigenvalue weighted by Crippen LogP contribution is -2.24. The van der Waals surface area contributed by atoms with Crippen molar-refractivity contribution in [3.05, 3.63) is 65.6 Å². The van der Waals surface area contributed by atoms with Gasteiger partial charge < -0.3 is 14.8 Å². The zero-order valence-electron chi connectivity index (χ0n) is 14.7. The molecule has 2 aromatic carbocycles. The van der Waals surface area contributed by atoms with Crippen LogP contribution in [-0.2, 0) is 6.54 Å². The molecular weight excluding hydrogens is 375 g/mol. The molecule has 0 saturated carbocycles. The number of aromatic amines is 1. The van der Waals surface area contributed by atoms with E-state index < -0.39 is 18.3 Å². The van der Waals surface area contributed by atoms with Crippen molar-refractivity contribution in [3.63, 3.8) is 0 Å². The first-order valence-corrected chi connectivity index (χ1v) is 8.18. The second-order valence-corrected chi connectivity index (χ2v) is 5.68. The molecular formula is C19H16F3N3O3. The summed E-state index contributed by atoms with van der Waals surface area (Å²) in [6.45, 7) is -2.96. The summed E-state index contributed by atoms with van der Waals surface area (Å²) in [7, 11) is 1.42. The Morgan fingerprint density at radius 2 is 1.96 bits per heavy atom. The minimum absolute atomic E-state index is 0.0113. The Labute approximate surface area is 158 Å². The monoisotopic (exact) mass is 391 g/mol. The molecule has 0 aliphatic carbocycles. The topological polar surface area (TPSA) is 76.2 Å². The maximum atomic E-state index is 13.3. The Bertz CT molecular complexity index is 976. The number of nitrogens with one attached hydrogen (secondary N) is 2. The van der Waals surface area contributed by atoms with Crippen molar-refractivity contribution in [2.45, 2.75) is 13.2 Å². The lowest BCUT2D eigenvalue weighted by molar-refractivity contribution is -0.0501. The minimum atomic E-state index is -3.03. The van der Waals surface area contributed by atoms with E-state index in [1.165, 1.54) is 43.5 Å². The van der Waals surface area contributed by atoms with E-state index in [2.05, 4.69) is 20.3 Å². The minimum Gasteiger partial charge on any atom is -0.496 e. The standard InChI is InChI=1S/C19H16F3N3O3/c1-27-17-8-11(20)6-7-13(17)15-9-12(24-25-15)10-23-18(26)14-4-2-3-5-16(14)28-19(21)22/h2-9,19H,10H2,1H3,(H,23,26)(H,24,25). The highest BCUT2D eigenvalue weighted by Gasteiger charge is 2.16. The second-order valence-electron chi connectivity index (χ2n) is 5.68. The molecule has 9 heteroatoms. The summed E-state index contributed by atoms with van der Waals surface area (Å²) in [5.41, 5.74) is 1.63. The molecule has 0 unspecified atom stereocenters. The number of amides is 1. The molecule has 0 spiro atoms. The molecule has 1 aromatic heterocycles. The molecule has 6 nitrogen and oxygen atoms in total. The van der Waals surface area contributed by atoms with Crippen LogP contribution in [0.5, 0.6) is 11.5 Å². The maximum absolute atomic E-state index is 13.3. The van der Waals surface area contributed by atoms with Gasteiger partial charge in [0.05, 0.1) is 30.6 Å². The van der Waals surface area contributed by atoms with Crippen molar-refractivity contribution in [2.75, 3.05) is 7.11 Å². The van der Waals surface area contributed by atoms with Gasteiger partial charge in [0.25, 0.3) is 5.91 Å². The summed E-state index contributed by atoms with van der Waals surface area (Å²) < 4.78 is 47.8. The number of rotatable bonds is 7. The summed E-state index contributed by atoms with van der Waals surface area (Å²) in [5, 5.41) is 9.49. The van der Waals surface area contributed by atoms with E-state index >= 15 is 0 Å². The lowest BCUT2D eigenvalue weighted by atomic mass is 10.1. The first-order valence-electron chi connectivity index (χ1n) is 8.18. The van der Waals surface area contributed by atoms with Crippen LogP contribution in [0.2, 0.25) is 0 Å². The van der Waals surface area contributed by atoms with E-state index in [0.29, 0.717) is 22.7 Å². The molecule has 1 heterocycles. The van der Waals surface area contributed by atoms with Crippen LogP contribution in [0.4, 0.5) is 13.2 Å². The fourth-order valence-corrected chi connectivity index (χ4v) is 2.59. The van der Waals surface area contributed by atoms with Crippen LogP contribution in [-0.4, -0.2) is 29.8 Å². The predicted octanol–water partition coefficient (Wildman–Crippen LogP) is 3.76. The van der Waals surface area contributed by atoms with Crippen molar-refractivity contribution in [1.82, 2.24) is 15.5 Å². The van der Waals surface area contributed by atoms with Crippen LogP contribution >= 0.6 is 0 Å². The van der Waals surface area contributed by atoms with E-state index in [9.17, 15) is 18.0 Å². The van der Waals surface area contributed by atoms with E-state index in [0.717, 1.165) is 0 Å². The molecule has 0 bridgehead atoms. The molecule has 0 fully saturated rings. The van der Waals surface area contributed by atoms with Crippen LogP contribution in [0.1, 0.15) is 16.1 Å². The fraction of sp³-hybridized carbons (Fsp3) is 0.158. The van der Waals surface area contributed by atoms with Crippen molar-refractivity contribution in [1.29, 1.82) is 0 Å². The summed E-state index contributed by atoms with van der Waals surface area (Å²) >= 11 is 0. The first kappa shape index (κ1) is 19.3. The molecule has 0 aliphatic rings. The van der Waals surface area contributed by atoms with Crippen LogP contribution in [0.25, 0.3) is 11.3 Å². The highest BCUT2D eigenvalue weighted by Crippen LogP contribution is 2.29. The van der Waals surface area contributed by atoms with Gasteiger partial charge in [0.15, 0.2) is 0 Å². The summed E-state index contributed by atoms with van der Waals surface area (Å²) in [4.78, 5) is 12.3. The molecule has 28 heavy (non-hydrogen) atoms. The van der Waals surface area contributed by atoms with E-state index in [1.54, 1.807) is 12.1 Å². The molecule has 2 N–H and O–H groups in total. The number of benzene rings is 2. The van der Waals surface area contributed by atoms with Crippen molar-refractivity contribution < 1.29 is 27.4 Å². The SMILES string of the molecule is COc1cc(F)ccc1-c1cc(CNC(=O)c2ccccc2OC(F)F)[nH]n1. The van der Waals surface area contributed by atoms with E-state index in [4.69, 9.17) is 4.74 Å². The number of para-hydroxylation sites is 1. The van der Waals surface area contributed by atoms with Crippen LogP contribution in [0, 0.1) is 5.82 Å². The van der Waals surface area contributed by atoms with Gasteiger partial charge in [0.1, 0.15) is 17.3 Å². The van der Waals surface area contributed by atoms with Crippen LogP contribution < -0.4 is 14.8 Å². The fourth-order valence-electron chi connectivity index (χ4n) is 2.59. The smallest absolute Gasteiger partial charge is 0.387 e. The number of methoxy groups -OCH3 is 1. The van der Waals surface area contributed by atoms with E-state index in [-0.39, 0.29) is 17.9 Å². The average Bonchev–Trinajstić information content (AvgIpc) is 3.14. The van der Waals surface area contributed by atoms with Gasteiger partial charge in [-0.2, -0.15) is 13.9 Å². The Hall–Kier alpha value is -3.49. The Balaban J connectivity index is 1.71. The molecule has 146 valence electrons. The first-order chi connectivity index (χ1) is 13.5. The van der Waals surface area contributed by atoms with Gasteiger partial charge >= 0.3 is 6.61 Å². The van der Waals surface area contributed by atoms with Crippen molar-refractivity contribution >= 4 is 5.91 Å². The summed E-state index contributed by atoms with van der Waals surface area (Å²) in [6.07, 6.45) is 0. The highest BCUT2D eigenvalue weighted by molar-refractivity contribution is 5.96. The largest absolute Gasteiger partial charge is 0.496 e. The third-order valence-electron chi connectivity index (χ3n) is 3.86. The maximum Gasteiger partial charge on any atom is 0.387 e. The number of nitrogens with zero attached hydrogens (tertiary/aromatic N) is 1. The Morgan fingerprint density at radius 1 is 1.18 bits per heavy atom. The number of hydrogen-bond donors (Lipinski definition) is 2. The average molecular weight is 391 g/mol. The number of hydrogen-bond acceptors (Lipinski definition) is 4. The number of carbonyl (C=O) groups excluding carboxylic acids is 1. The molecule has 1 amide bonds. The van der Waals surface area contributed by atoms with Crippen LogP contribution in [0.15, 0.2) is 48.5 Å². The lowest BCUT2D eigenvalue weighted by Gasteiger charge is -2.10. The number of ether oxygens (including phenoxy) is 2. The molecule has 0 atom stereocenters. The number of H-pyrrole nitrogens is 1. The molecule has 0 saturated heterocycles. The van der Waals surface area contributed by atoms with Crippen molar-refractivity contribution in [2.24, 2.45) is 0 Å². The summed E-state index contributed by atoms with van der Waals surface area (Å²) in [5.74, 6) is -0.906. The zero-order valence-corrected chi connectivity index (χ0v) is 14.7. The highest BCUT2D eigenvalue weighted by atomic mass is 19.3. The van der Waals surface area contributed by atoms with E-state index in [1.807, 2.05) is 0 Å². The van der Waals surface area contributed by atoms with Gasteiger partial charge in [0, 0.05) is 11.6 Å². The molecule has 0 radical (unpaired) electrons. The Morgan fingerprint density at radius 3 is 2.71 bits per heavy atom. The number of aromatic nitrogens is 2. The third kappa shape index (κ3) is 4.43. The second kappa shape index (κ2) is 8.47. The molecule has 3 aromatic rings. The zero-order chi connectivity index (χ0) is 20.1. The quantitative estimate of drug-likeness (QED) is 0.643. The predicted molar refractivity (Wildman–Crippen MR) is 94.8 cm³/mol. The van der Waals surface area contributed by atoms with Crippen LogP contribution in [0.3, 0.4) is 0 Å². The summed E-state index contributed by atoms with van der Waals surface area (Å²) in [6, 6.07) is 11.4. The molecule has 0 aliphatic heterocycles. The van der Waals surface area contributed by atoms with Gasteiger partial charge in [-0.15, -0.1) is 0 Å². The van der Waals surface area contributed by atoms with Crippen molar-refractivity contribution in [3.8, 4) is 22.8 Å². The number of alkyl halides is 2. The van der Waals surface area contributed by atoms with Gasteiger partial charge in [-0.3, -0.25) is 9.89 Å². The molecule has 3 rings (SSSR count). The Kier molecular flexibility index (Phi) is 5.83.